The number of carbonyl (C=O) groups is 2. The predicted molar refractivity (Wildman–Crippen MR) is 69.0 cm³/mol. The first-order valence-corrected chi connectivity index (χ1v) is 6.70. The van der Waals surface area contributed by atoms with Crippen LogP contribution in [0.5, 0.6) is 0 Å². The first kappa shape index (κ1) is 15.0. The Balaban J connectivity index is 2.29. The fourth-order valence-corrected chi connectivity index (χ4v) is 2.40. The number of nitrogens with one attached hydrogen (secondary N) is 1. The average molecular weight is 256 g/mol. The largest absolute Gasteiger partial charge is 0.481 e. The molecule has 0 spiro atoms. The van der Waals surface area contributed by atoms with Crippen LogP contribution in [0.15, 0.2) is 0 Å². The Labute approximate surface area is 108 Å². The normalized spacial score (nSPS) is 18.8. The van der Waals surface area contributed by atoms with Gasteiger partial charge < -0.3 is 16.2 Å². The number of nitrogens with two attached hydrogens (primary N) is 1. The van der Waals surface area contributed by atoms with Gasteiger partial charge in [0, 0.05) is 19.4 Å². The molecule has 1 aliphatic carbocycles. The molecule has 18 heavy (non-hydrogen) atoms. The second-order valence-electron chi connectivity index (χ2n) is 5.41. The van der Waals surface area contributed by atoms with Gasteiger partial charge in [0.15, 0.2) is 0 Å². The lowest BCUT2D eigenvalue weighted by Crippen LogP contribution is -2.42. The maximum absolute atomic E-state index is 11.8. The van der Waals surface area contributed by atoms with Crippen LogP contribution < -0.4 is 11.1 Å². The van der Waals surface area contributed by atoms with Gasteiger partial charge in [-0.2, -0.15) is 0 Å². The van der Waals surface area contributed by atoms with E-state index in [4.69, 9.17) is 10.8 Å². The molecule has 0 heterocycles. The Morgan fingerprint density at radius 2 is 2.11 bits per heavy atom. The number of carbonyl (C=O) groups excluding carboxylic acids is 1. The van der Waals surface area contributed by atoms with E-state index >= 15 is 0 Å². The molecule has 0 radical (unpaired) electrons. The summed E-state index contributed by atoms with van der Waals surface area (Å²) in [6.45, 7) is 2.95. The van der Waals surface area contributed by atoms with E-state index in [2.05, 4.69) is 5.32 Å². The minimum Gasteiger partial charge on any atom is -0.481 e. The second kappa shape index (κ2) is 6.73. The van der Waals surface area contributed by atoms with Crippen LogP contribution in [0.2, 0.25) is 0 Å². The summed E-state index contributed by atoms with van der Waals surface area (Å²) in [5.41, 5.74) is 5.72. The summed E-state index contributed by atoms with van der Waals surface area (Å²) >= 11 is 0. The van der Waals surface area contributed by atoms with Crippen LogP contribution in [0.3, 0.4) is 0 Å². The summed E-state index contributed by atoms with van der Waals surface area (Å²) in [6, 6.07) is 0. The van der Waals surface area contributed by atoms with E-state index in [1.54, 1.807) is 0 Å². The second-order valence-corrected chi connectivity index (χ2v) is 5.41. The molecule has 0 aliphatic heterocycles. The van der Waals surface area contributed by atoms with E-state index in [0.717, 1.165) is 25.7 Å². The number of carboxylic acid groups (broad SMARTS) is 1. The zero-order valence-corrected chi connectivity index (χ0v) is 11.1. The van der Waals surface area contributed by atoms with Gasteiger partial charge >= 0.3 is 5.97 Å². The van der Waals surface area contributed by atoms with E-state index in [1.807, 2.05) is 6.92 Å². The minimum absolute atomic E-state index is 0.00369. The van der Waals surface area contributed by atoms with Gasteiger partial charge in [-0.3, -0.25) is 9.59 Å². The highest BCUT2D eigenvalue weighted by Crippen LogP contribution is 2.42. The molecular formula is C13H24N2O3. The summed E-state index contributed by atoms with van der Waals surface area (Å²) in [7, 11) is 0. The lowest BCUT2D eigenvalue weighted by Gasteiger charge is -2.40. The van der Waals surface area contributed by atoms with Gasteiger partial charge in [-0.05, 0) is 30.7 Å². The maximum atomic E-state index is 11.8. The SMILES string of the molecule is CCC(CNC(=O)CC1(CN)CCC1)CC(=O)O. The Bertz CT molecular complexity index is 295. The van der Waals surface area contributed by atoms with Gasteiger partial charge in [0.05, 0.1) is 0 Å². The molecule has 1 atom stereocenters. The average Bonchev–Trinajstić information content (AvgIpc) is 2.28. The first-order valence-electron chi connectivity index (χ1n) is 6.70. The highest BCUT2D eigenvalue weighted by Gasteiger charge is 2.37. The van der Waals surface area contributed by atoms with Crippen molar-refractivity contribution in [3.05, 3.63) is 0 Å². The molecule has 5 nitrogen and oxygen atoms in total. The summed E-state index contributed by atoms with van der Waals surface area (Å²) in [4.78, 5) is 22.4. The van der Waals surface area contributed by atoms with Crippen LogP contribution in [0, 0.1) is 11.3 Å². The monoisotopic (exact) mass is 256 g/mol. The van der Waals surface area contributed by atoms with Crippen molar-refractivity contribution in [2.24, 2.45) is 17.1 Å². The van der Waals surface area contributed by atoms with E-state index in [-0.39, 0.29) is 23.7 Å². The van der Waals surface area contributed by atoms with Crippen molar-refractivity contribution in [3.8, 4) is 0 Å². The minimum atomic E-state index is -0.812. The van der Waals surface area contributed by atoms with Crippen LogP contribution in [-0.2, 0) is 9.59 Å². The third-order valence-electron chi connectivity index (χ3n) is 4.01. The maximum Gasteiger partial charge on any atom is 0.303 e. The van der Waals surface area contributed by atoms with Crippen LogP contribution >= 0.6 is 0 Å². The van der Waals surface area contributed by atoms with E-state index in [9.17, 15) is 9.59 Å². The molecule has 1 fully saturated rings. The molecule has 104 valence electrons. The first-order chi connectivity index (χ1) is 8.51. The molecule has 0 saturated heterocycles. The lowest BCUT2D eigenvalue weighted by molar-refractivity contribution is -0.138. The number of hydrogen-bond acceptors (Lipinski definition) is 3. The number of amides is 1. The third-order valence-corrected chi connectivity index (χ3v) is 4.01. The molecule has 0 bridgehead atoms. The van der Waals surface area contributed by atoms with Gasteiger partial charge in [0.25, 0.3) is 0 Å². The van der Waals surface area contributed by atoms with Crippen molar-refractivity contribution in [1.82, 2.24) is 5.32 Å². The number of carboxylic acids is 1. The van der Waals surface area contributed by atoms with Gasteiger partial charge in [-0.25, -0.2) is 0 Å². The Hall–Kier alpha value is -1.10. The molecule has 1 amide bonds. The quantitative estimate of drug-likeness (QED) is 0.607. The zero-order chi connectivity index (χ0) is 13.6. The standard InChI is InChI=1S/C13H24N2O3/c1-2-10(6-12(17)18)8-15-11(16)7-13(9-14)4-3-5-13/h10H,2-9,14H2,1H3,(H,15,16)(H,17,18). The van der Waals surface area contributed by atoms with Crippen molar-refractivity contribution >= 4 is 11.9 Å². The molecule has 1 rings (SSSR count). The molecule has 1 aliphatic rings. The fraction of sp³-hybridized carbons (Fsp3) is 0.846. The van der Waals surface area contributed by atoms with E-state index < -0.39 is 5.97 Å². The van der Waals surface area contributed by atoms with E-state index in [0.29, 0.717) is 19.5 Å². The van der Waals surface area contributed by atoms with Crippen molar-refractivity contribution in [2.45, 2.75) is 45.4 Å². The Kier molecular flexibility index (Phi) is 5.59. The van der Waals surface area contributed by atoms with Crippen LogP contribution in [0.1, 0.15) is 45.4 Å². The highest BCUT2D eigenvalue weighted by atomic mass is 16.4. The molecule has 0 aromatic heterocycles. The summed E-state index contributed by atoms with van der Waals surface area (Å²) in [6.07, 6.45) is 4.56. The molecule has 0 aromatic rings. The van der Waals surface area contributed by atoms with Gasteiger partial charge in [-0.15, -0.1) is 0 Å². The molecule has 1 saturated carbocycles. The van der Waals surface area contributed by atoms with Crippen LogP contribution in [-0.4, -0.2) is 30.1 Å². The lowest BCUT2D eigenvalue weighted by atomic mass is 9.66. The number of rotatable bonds is 8. The van der Waals surface area contributed by atoms with Crippen molar-refractivity contribution in [3.63, 3.8) is 0 Å². The summed E-state index contributed by atoms with van der Waals surface area (Å²) < 4.78 is 0. The van der Waals surface area contributed by atoms with Crippen molar-refractivity contribution in [1.29, 1.82) is 0 Å². The zero-order valence-electron chi connectivity index (χ0n) is 11.1. The van der Waals surface area contributed by atoms with Gasteiger partial charge in [0.1, 0.15) is 0 Å². The number of hydrogen-bond donors (Lipinski definition) is 3. The summed E-state index contributed by atoms with van der Waals surface area (Å²) in [5, 5.41) is 11.6. The molecule has 1 unspecified atom stereocenters. The van der Waals surface area contributed by atoms with Crippen molar-refractivity contribution in [2.75, 3.05) is 13.1 Å². The van der Waals surface area contributed by atoms with Gasteiger partial charge in [-0.1, -0.05) is 19.8 Å². The van der Waals surface area contributed by atoms with Crippen LogP contribution in [0.4, 0.5) is 0 Å². The molecule has 4 N–H and O–H groups in total. The molecular weight excluding hydrogens is 232 g/mol. The third kappa shape index (κ3) is 4.29. The van der Waals surface area contributed by atoms with E-state index in [1.165, 1.54) is 0 Å². The fourth-order valence-electron chi connectivity index (χ4n) is 2.40. The highest BCUT2D eigenvalue weighted by molar-refractivity contribution is 5.77. The van der Waals surface area contributed by atoms with Gasteiger partial charge in [0.2, 0.25) is 5.91 Å². The Morgan fingerprint density at radius 3 is 2.50 bits per heavy atom. The molecule has 5 heteroatoms. The topological polar surface area (TPSA) is 92.4 Å². The smallest absolute Gasteiger partial charge is 0.303 e. The number of aliphatic carboxylic acids is 1. The van der Waals surface area contributed by atoms with Crippen LogP contribution in [0.25, 0.3) is 0 Å². The van der Waals surface area contributed by atoms with Crippen molar-refractivity contribution < 1.29 is 14.7 Å². The predicted octanol–water partition coefficient (Wildman–Crippen LogP) is 1.12. The Morgan fingerprint density at radius 1 is 1.44 bits per heavy atom. The summed E-state index contributed by atoms with van der Waals surface area (Å²) in [5.74, 6) is -0.792. The molecule has 0 aromatic carbocycles.